The molecule has 2 nitrogen and oxygen atoms in total. The number of nitrogens with zero attached hydrogens (tertiary/aromatic N) is 1. The van der Waals surface area contributed by atoms with Gasteiger partial charge in [-0.1, -0.05) is 6.07 Å². The molecule has 1 aromatic heterocycles. The maximum absolute atomic E-state index is 12.1. The summed E-state index contributed by atoms with van der Waals surface area (Å²) >= 11 is 0. The van der Waals surface area contributed by atoms with Crippen LogP contribution in [0.2, 0.25) is 0 Å². The molecule has 0 amide bonds. The number of aromatic nitrogens is 1. The second-order valence-electron chi connectivity index (χ2n) is 4.05. The van der Waals surface area contributed by atoms with Crippen molar-refractivity contribution in [2.24, 2.45) is 0 Å². The highest BCUT2D eigenvalue weighted by molar-refractivity contribution is 5.20. The van der Waals surface area contributed by atoms with E-state index in [1.165, 1.54) is 0 Å². The molecule has 0 aliphatic rings. The highest BCUT2D eigenvalue weighted by atomic mass is 19.4. The second kappa shape index (κ2) is 6.00. The lowest BCUT2D eigenvalue weighted by Crippen LogP contribution is -2.19. The van der Waals surface area contributed by atoms with Gasteiger partial charge < -0.3 is 5.32 Å². The summed E-state index contributed by atoms with van der Waals surface area (Å²) in [6.07, 6.45) is -2.59. The van der Waals surface area contributed by atoms with E-state index >= 15 is 0 Å². The van der Waals surface area contributed by atoms with Gasteiger partial charge in [0.25, 0.3) is 0 Å². The lowest BCUT2D eigenvalue weighted by molar-refractivity contribution is -0.135. The van der Waals surface area contributed by atoms with Gasteiger partial charge in [0.1, 0.15) is 0 Å². The van der Waals surface area contributed by atoms with Crippen LogP contribution in [0.4, 0.5) is 13.2 Å². The Labute approximate surface area is 99.3 Å². The molecule has 1 heterocycles. The molecule has 0 aliphatic heterocycles. The average Bonchev–Trinajstić information content (AvgIpc) is 2.24. The molecule has 0 fully saturated rings. The number of aryl methyl sites for hydroxylation is 1. The van der Waals surface area contributed by atoms with Crippen LogP contribution in [0.1, 0.15) is 36.6 Å². The summed E-state index contributed by atoms with van der Waals surface area (Å²) in [7, 11) is 1.74. The smallest absolute Gasteiger partial charge is 0.312 e. The summed E-state index contributed by atoms with van der Waals surface area (Å²) in [6, 6.07) is 3.62. The fourth-order valence-corrected chi connectivity index (χ4v) is 1.79. The molecule has 1 rings (SSSR count). The summed E-state index contributed by atoms with van der Waals surface area (Å²) in [4.78, 5) is 4.22. The minimum Gasteiger partial charge on any atom is -0.312 e. The van der Waals surface area contributed by atoms with Gasteiger partial charge in [-0.05, 0) is 38.4 Å². The van der Waals surface area contributed by atoms with E-state index in [-0.39, 0.29) is 12.5 Å². The highest BCUT2D eigenvalue weighted by Gasteiger charge is 2.27. The molecule has 1 unspecified atom stereocenters. The van der Waals surface area contributed by atoms with E-state index in [1.54, 1.807) is 13.2 Å². The van der Waals surface area contributed by atoms with E-state index in [1.807, 2.05) is 19.1 Å². The van der Waals surface area contributed by atoms with Gasteiger partial charge in [0.2, 0.25) is 0 Å². The van der Waals surface area contributed by atoms with Crippen molar-refractivity contribution in [2.45, 2.75) is 38.4 Å². The van der Waals surface area contributed by atoms with Crippen molar-refractivity contribution in [1.29, 1.82) is 0 Å². The molecule has 1 aromatic rings. The van der Waals surface area contributed by atoms with Gasteiger partial charge in [-0.3, -0.25) is 4.98 Å². The lowest BCUT2D eigenvalue weighted by atomic mass is 10.0. The fraction of sp³-hybridized carbons (Fsp3) is 0.583. The molecule has 96 valence electrons. The van der Waals surface area contributed by atoms with Crippen LogP contribution >= 0.6 is 0 Å². The van der Waals surface area contributed by atoms with Crippen molar-refractivity contribution in [2.75, 3.05) is 7.05 Å². The number of halogens is 3. The zero-order chi connectivity index (χ0) is 12.9. The van der Waals surface area contributed by atoms with Gasteiger partial charge in [0, 0.05) is 18.7 Å². The van der Waals surface area contributed by atoms with Crippen molar-refractivity contribution in [1.82, 2.24) is 10.3 Å². The quantitative estimate of drug-likeness (QED) is 0.861. The maximum Gasteiger partial charge on any atom is 0.389 e. The van der Waals surface area contributed by atoms with Gasteiger partial charge in [0.05, 0.1) is 5.69 Å². The van der Waals surface area contributed by atoms with Gasteiger partial charge in [-0.25, -0.2) is 0 Å². The van der Waals surface area contributed by atoms with E-state index in [9.17, 15) is 13.2 Å². The number of alkyl halides is 3. The SMILES string of the molecule is CNC(CCCC(F)(F)F)c1ncccc1C. The van der Waals surface area contributed by atoms with Crippen molar-refractivity contribution in [3.05, 3.63) is 29.6 Å². The van der Waals surface area contributed by atoms with Crippen LogP contribution in [0.5, 0.6) is 0 Å². The molecule has 5 heteroatoms. The zero-order valence-corrected chi connectivity index (χ0v) is 10.0. The minimum atomic E-state index is -4.07. The van der Waals surface area contributed by atoms with Crippen molar-refractivity contribution >= 4 is 0 Å². The second-order valence-corrected chi connectivity index (χ2v) is 4.05. The van der Waals surface area contributed by atoms with E-state index in [0.29, 0.717) is 6.42 Å². The third-order valence-electron chi connectivity index (χ3n) is 2.68. The molecular formula is C12H17F3N2. The van der Waals surface area contributed by atoms with E-state index in [0.717, 1.165) is 11.3 Å². The Kier molecular flexibility index (Phi) is 4.93. The standard InChI is InChI=1S/C12H17F3N2/c1-9-5-4-8-17-11(9)10(16-2)6-3-7-12(13,14)15/h4-5,8,10,16H,3,6-7H2,1-2H3. The minimum absolute atomic E-state index is 0.112. The zero-order valence-electron chi connectivity index (χ0n) is 10.0. The van der Waals surface area contributed by atoms with Crippen LogP contribution in [-0.2, 0) is 0 Å². The molecule has 1 N–H and O–H groups in total. The number of hydrogen-bond donors (Lipinski definition) is 1. The summed E-state index contributed by atoms with van der Waals surface area (Å²) in [6.45, 7) is 1.91. The van der Waals surface area contributed by atoms with Crippen molar-refractivity contribution in [3.63, 3.8) is 0 Å². The highest BCUT2D eigenvalue weighted by Crippen LogP contribution is 2.26. The number of rotatable bonds is 5. The largest absolute Gasteiger partial charge is 0.389 e. The van der Waals surface area contributed by atoms with Crippen LogP contribution < -0.4 is 5.32 Å². The molecule has 0 bridgehead atoms. The van der Waals surface area contributed by atoms with Crippen molar-refractivity contribution < 1.29 is 13.2 Å². The molecule has 0 aromatic carbocycles. The lowest BCUT2D eigenvalue weighted by Gasteiger charge is -2.17. The first-order chi connectivity index (χ1) is 7.94. The Bertz CT molecular complexity index is 350. The van der Waals surface area contributed by atoms with Gasteiger partial charge in [-0.15, -0.1) is 0 Å². The van der Waals surface area contributed by atoms with E-state index in [2.05, 4.69) is 10.3 Å². The van der Waals surface area contributed by atoms with E-state index in [4.69, 9.17) is 0 Å². The van der Waals surface area contributed by atoms with Crippen LogP contribution in [0.25, 0.3) is 0 Å². The van der Waals surface area contributed by atoms with Crippen LogP contribution in [-0.4, -0.2) is 18.2 Å². The maximum atomic E-state index is 12.1. The normalized spacial score (nSPS) is 13.7. The first-order valence-corrected chi connectivity index (χ1v) is 5.59. The number of nitrogens with one attached hydrogen (secondary N) is 1. The van der Waals surface area contributed by atoms with E-state index < -0.39 is 12.6 Å². The fourth-order valence-electron chi connectivity index (χ4n) is 1.79. The van der Waals surface area contributed by atoms with Crippen LogP contribution in [0.15, 0.2) is 18.3 Å². The first-order valence-electron chi connectivity index (χ1n) is 5.59. The molecule has 0 saturated heterocycles. The summed E-state index contributed by atoms with van der Waals surface area (Å²) in [5.41, 5.74) is 1.83. The first kappa shape index (κ1) is 14.0. The molecule has 0 spiro atoms. The number of pyridine rings is 1. The van der Waals surface area contributed by atoms with Crippen molar-refractivity contribution in [3.8, 4) is 0 Å². The molecule has 0 radical (unpaired) electrons. The van der Waals surface area contributed by atoms with Crippen LogP contribution in [0, 0.1) is 6.92 Å². The molecule has 17 heavy (non-hydrogen) atoms. The Morgan fingerprint density at radius 2 is 2.12 bits per heavy atom. The topological polar surface area (TPSA) is 24.9 Å². The predicted molar refractivity (Wildman–Crippen MR) is 60.7 cm³/mol. The van der Waals surface area contributed by atoms with Gasteiger partial charge in [0.15, 0.2) is 0 Å². The molecular weight excluding hydrogens is 229 g/mol. The van der Waals surface area contributed by atoms with Gasteiger partial charge >= 0.3 is 6.18 Å². The summed E-state index contributed by atoms with van der Waals surface area (Å²) in [5.74, 6) is 0. The molecule has 1 atom stereocenters. The Hall–Kier alpha value is -1.10. The summed E-state index contributed by atoms with van der Waals surface area (Å²) < 4.78 is 36.2. The monoisotopic (exact) mass is 246 g/mol. The third-order valence-corrected chi connectivity index (χ3v) is 2.68. The average molecular weight is 246 g/mol. The third kappa shape index (κ3) is 4.73. The van der Waals surface area contributed by atoms with Gasteiger partial charge in [-0.2, -0.15) is 13.2 Å². The Balaban J connectivity index is 2.58. The number of hydrogen-bond acceptors (Lipinski definition) is 2. The van der Waals surface area contributed by atoms with Crippen LogP contribution in [0.3, 0.4) is 0 Å². The predicted octanol–water partition coefficient (Wildman–Crippen LogP) is 3.38. The molecule has 0 saturated carbocycles. The molecule has 0 aliphatic carbocycles. The Morgan fingerprint density at radius 3 is 2.65 bits per heavy atom. The Morgan fingerprint density at radius 1 is 1.41 bits per heavy atom. The summed E-state index contributed by atoms with van der Waals surface area (Å²) in [5, 5.41) is 3.02.